The van der Waals surface area contributed by atoms with Gasteiger partial charge in [-0.2, -0.15) is 4.21 Å². The summed E-state index contributed by atoms with van der Waals surface area (Å²) in [5.74, 6) is -6.43. The fourth-order valence-electron chi connectivity index (χ4n) is 7.96. The predicted molar refractivity (Wildman–Crippen MR) is 210 cm³/mol. The molecule has 0 aromatic carbocycles. The van der Waals surface area contributed by atoms with E-state index in [-0.39, 0.29) is 64.2 Å². The van der Waals surface area contributed by atoms with E-state index in [1.807, 2.05) is 0 Å². The molecule has 1 aromatic rings. The number of carboxylic acid groups (broad SMARTS) is 2. The maximum absolute atomic E-state index is 15.3. The van der Waals surface area contributed by atoms with E-state index in [1.165, 1.54) is 33.6 Å². The van der Waals surface area contributed by atoms with Gasteiger partial charge in [-0.1, -0.05) is 24.3 Å². The van der Waals surface area contributed by atoms with E-state index < -0.39 is 116 Å². The molecule has 0 bridgehead atoms. The molecule has 66 heavy (non-hydrogen) atoms. The third-order valence-electron chi connectivity index (χ3n) is 11.4. The van der Waals surface area contributed by atoms with Crippen LogP contribution in [0.3, 0.4) is 0 Å². The molecule has 4 N–H and O–H groups in total. The van der Waals surface area contributed by atoms with Gasteiger partial charge >= 0.3 is 5.97 Å². The molecule has 0 spiro atoms. The SMILES string of the molecule is C=C[C@@H]1O[C@H](C=C)[C@@H]2C(=O)N(CCCCCN(Cc3cn(CCOCCO[C@@H]4OC(C(=O)O)[C@@H](O[C@H]5OC(COO[O-])[C@@H](O)[C@H](O)C5C)[C@H](O)C4F)nn3)C(=O)CCC(=O)[O-])C(=O)[C@@H]21.O=S. The average molecular weight is 964 g/mol. The number of aliphatic hydroxyl groups excluding tert-OH is 3. The van der Waals surface area contributed by atoms with Crippen LogP contribution in [0.25, 0.3) is 0 Å². The summed E-state index contributed by atoms with van der Waals surface area (Å²) in [4.78, 5) is 69.2. The summed E-state index contributed by atoms with van der Waals surface area (Å²) in [6, 6.07) is 0. The van der Waals surface area contributed by atoms with Crippen LogP contribution in [0.5, 0.6) is 0 Å². The summed E-state index contributed by atoms with van der Waals surface area (Å²) < 4.78 is 57.5. The standard InChI is InChI=1S/C39H56FN5O19.OS/c1-4-22-27-28(23(5-2)60-22)36(53)45(35(27)52)12-8-6-7-11-43(25(46)9-10-26(47)48)17-21-18-44(42-41-21)13-14-57-15-16-58-39-29(40)32(51)33(34(63-39)37(54)55)62-38-20(3)30(49)31(50)24(61-38)19-59-64-56;1-2/h4-5,18,20,22-24,27-34,38-39,49-51,56H,1-2,6-17,19H2,3H3,(H,47,48)(H,54,55);/p-2/t20?,22-,23+,24?,27+,28-,29?,30-,31-,32-,33+,34?,38-,39-;/m1./s1. The number of halogens is 1. The van der Waals surface area contributed by atoms with Crippen LogP contribution in [0.4, 0.5) is 4.39 Å². The molecule has 3 amide bonds. The molecule has 4 aliphatic heterocycles. The summed E-state index contributed by atoms with van der Waals surface area (Å²) in [6.07, 6.45) is -12.0. The molecule has 4 unspecified atom stereocenters. The number of nitrogens with zero attached hydrogens (tertiary/aromatic N) is 5. The fraction of sp³-hybridized carbons (Fsp3) is 0.718. The number of alkyl halides is 1. The van der Waals surface area contributed by atoms with Crippen LogP contribution in [0.1, 0.15) is 44.7 Å². The highest BCUT2D eigenvalue weighted by Gasteiger charge is 2.58. The van der Waals surface area contributed by atoms with Gasteiger partial charge in [-0.05, 0) is 25.7 Å². The van der Waals surface area contributed by atoms with Gasteiger partial charge in [0, 0.05) is 31.4 Å². The molecule has 14 atom stereocenters. The van der Waals surface area contributed by atoms with Crippen molar-refractivity contribution in [2.45, 2.75) is 120 Å². The number of aromatic nitrogens is 3. The van der Waals surface area contributed by atoms with E-state index in [1.54, 1.807) is 6.20 Å². The Hall–Kier alpha value is -4.36. The summed E-state index contributed by atoms with van der Waals surface area (Å²) in [7, 11) is 0. The van der Waals surface area contributed by atoms with E-state index in [4.69, 9.17) is 32.6 Å². The second kappa shape index (κ2) is 26.3. The minimum absolute atomic E-state index is 0.00499. The number of amides is 3. The van der Waals surface area contributed by atoms with Gasteiger partial charge in [-0.25, -0.2) is 18.8 Å². The summed E-state index contributed by atoms with van der Waals surface area (Å²) in [6.45, 7) is 8.36. The minimum atomic E-state index is -2.32. The van der Waals surface area contributed by atoms with Crippen molar-refractivity contribution < 1.29 is 102 Å². The van der Waals surface area contributed by atoms with E-state index in [2.05, 4.69) is 45.9 Å². The molecule has 4 aliphatic rings. The Balaban J connectivity index is 0.00000469. The van der Waals surface area contributed by atoms with Crippen molar-refractivity contribution in [3.8, 4) is 0 Å². The molecule has 370 valence electrons. The molecular formula is C39H54FN5O20S-2. The van der Waals surface area contributed by atoms with Crippen molar-refractivity contribution in [2.24, 2.45) is 17.8 Å². The number of fused-ring (bicyclic) bond motifs is 1. The number of aliphatic hydroxyl groups is 3. The average Bonchev–Trinajstić information content (AvgIpc) is 3.99. The van der Waals surface area contributed by atoms with Gasteiger partial charge in [-0.3, -0.25) is 24.3 Å². The lowest BCUT2D eigenvalue weighted by molar-refractivity contribution is -0.801. The Morgan fingerprint density at radius 1 is 0.939 bits per heavy atom. The molecule has 25 nitrogen and oxygen atoms in total. The van der Waals surface area contributed by atoms with Crippen molar-refractivity contribution in [3.63, 3.8) is 0 Å². The lowest BCUT2D eigenvalue weighted by atomic mass is 9.89. The van der Waals surface area contributed by atoms with E-state index in [9.17, 15) is 54.8 Å². The zero-order chi connectivity index (χ0) is 48.7. The summed E-state index contributed by atoms with van der Waals surface area (Å²) >= 11 is 2.83. The van der Waals surface area contributed by atoms with Crippen LogP contribution in [-0.2, 0) is 87.9 Å². The van der Waals surface area contributed by atoms with Crippen molar-refractivity contribution in [2.75, 3.05) is 39.5 Å². The monoisotopic (exact) mass is 963 g/mol. The first-order chi connectivity index (χ1) is 31.6. The Labute approximate surface area is 382 Å². The normalized spacial score (nSPS) is 31.8. The van der Waals surface area contributed by atoms with E-state index in [0.717, 1.165) is 0 Å². The third-order valence-corrected chi connectivity index (χ3v) is 11.4. The number of imide groups is 1. The number of ether oxygens (including phenoxy) is 6. The fourth-order valence-corrected chi connectivity index (χ4v) is 7.96. The quantitative estimate of drug-likeness (QED) is 0.0226. The Morgan fingerprint density at radius 3 is 2.24 bits per heavy atom. The van der Waals surface area contributed by atoms with Gasteiger partial charge < -0.3 is 68.9 Å². The molecule has 5 heterocycles. The molecule has 1 aromatic heterocycles. The molecule has 5 rings (SSSR count). The number of carboxylic acids is 2. The number of rotatable bonds is 26. The Bertz CT molecular complexity index is 1770. The maximum atomic E-state index is 15.3. The Kier molecular flexibility index (Phi) is 21.6. The van der Waals surface area contributed by atoms with Crippen LogP contribution in [0, 0.1) is 17.8 Å². The second-order valence-corrected chi connectivity index (χ2v) is 15.7. The van der Waals surface area contributed by atoms with Gasteiger partial charge in [0.25, 0.3) is 0 Å². The van der Waals surface area contributed by atoms with Crippen LogP contribution in [0.15, 0.2) is 31.5 Å². The summed E-state index contributed by atoms with van der Waals surface area (Å²) in [5, 5.41) is 73.9. The van der Waals surface area contributed by atoms with Crippen molar-refractivity contribution in [3.05, 3.63) is 37.2 Å². The number of hydrogen-bond acceptors (Lipinski definition) is 22. The third kappa shape index (κ3) is 13.6. The number of hydrogen-bond donors (Lipinski definition) is 4. The highest BCUT2D eigenvalue weighted by molar-refractivity contribution is 7.44. The maximum Gasteiger partial charge on any atom is 0.335 e. The number of carbonyl (C=O) groups is 5. The molecule has 0 saturated carbocycles. The first-order valence-electron chi connectivity index (χ1n) is 20.9. The van der Waals surface area contributed by atoms with Gasteiger partial charge in [0.15, 0.2) is 37.4 Å². The molecule has 4 saturated heterocycles. The Morgan fingerprint density at radius 2 is 1.62 bits per heavy atom. The lowest BCUT2D eigenvalue weighted by Gasteiger charge is -2.45. The van der Waals surface area contributed by atoms with Gasteiger partial charge in [0.2, 0.25) is 17.7 Å². The highest BCUT2D eigenvalue weighted by Crippen LogP contribution is 2.41. The minimum Gasteiger partial charge on any atom is -0.692 e. The largest absolute Gasteiger partial charge is 0.692 e. The van der Waals surface area contributed by atoms with Crippen molar-refractivity contribution in [1.29, 1.82) is 0 Å². The van der Waals surface area contributed by atoms with Crippen molar-refractivity contribution >= 4 is 42.2 Å². The lowest BCUT2D eigenvalue weighted by Crippen LogP contribution is -2.63. The smallest absolute Gasteiger partial charge is 0.335 e. The van der Waals surface area contributed by atoms with Crippen molar-refractivity contribution in [1.82, 2.24) is 24.8 Å². The molecule has 4 fully saturated rings. The first kappa shape index (κ1) is 54.2. The summed E-state index contributed by atoms with van der Waals surface area (Å²) in [5.41, 5.74) is 0.388. The van der Waals surface area contributed by atoms with Crippen LogP contribution in [0.2, 0.25) is 0 Å². The number of likely N-dealkylation sites (tertiary alicyclic amines) is 1. The van der Waals surface area contributed by atoms with Gasteiger partial charge in [0.05, 0.1) is 69.3 Å². The predicted octanol–water partition coefficient (Wildman–Crippen LogP) is -4.06. The molecule has 0 aliphatic carbocycles. The van der Waals surface area contributed by atoms with Crippen LogP contribution >= 0.6 is 0 Å². The van der Waals surface area contributed by atoms with Crippen LogP contribution in [-0.4, -0.2) is 186 Å². The van der Waals surface area contributed by atoms with E-state index in [0.29, 0.717) is 25.0 Å². The number of unbranched alkanes of at least 4 members (excludes halogenated alkanes) is 2. The zero-order valence-electron chi connectivity index (χ0n) is 35.8. The molecule has 27 heteroatoms. The van der Waals surface area contributed by atoms with E-state index >= 15 is 4.39 Å². The second-order valence-electron chi connectivity index (χ2n) is 15.7. The first-order valence-corrected chi connectivity index (χ1v) is 21.2. The number of carbonyl (C=O) groups excluding carboxylic acids is 4. The molecule has 0 radical (unpaired) electrons. The molecular weight excluding hydrogens is 910 g/mol. The zero-order valence-corrected chi connectivity index (χ0v) is 36.6. The van der Waals surface area contributed by atoms with Gasteiger partial charge in [-0.15, -0.1) is 18.3 Å². The highest BCUT2D eigenvalue weighted by atomic mass is 32.1. The van der Waals surface area contributed by atoms with Gasteiger partial charge in [0.1, 0.15) is 36.7 Å². The van der Waals surface area contributed by atoms with Crippen LogP contribution < -0.4 is 10.4 Å². The topological polar surface area (TPSA) is 340 Å². The number of aliphatic carboxylic acids is 2.